The van der Waals surface area contributed by atoms with Gasteiger partial charge < -0.3 is 4.42 Å². The van der Waals surface area contributed by atoms with E-state index in [1.54, 1.807) is 6.26 Å². The van der Waals surface area contributed by atoms with E-state index in [-0.39, 0.29) is 0 Å². The van der Waals surface area contributed by atoms with Gasteiger partial charge in [0.15, 0.2) is 0 Å². The molecule has 0 spiro atoms. The lowest BCUT2D eigenvalue weighted by Crippen LogP contribution is -1.73. The summed E-state index contributed by atoms with van der Waals surface area (Å²) in [5, 5.41) is 0. The van der Waals surface area contributed by atoms with E-state index in [1.165, 1.54) is 16.7 Å². The molecule has 0 amide bonds. The van der Waals surface area contributed by atoms with Gasteiger partial charge in [0.25, 0.3) is 0 Å². The van der Waals surface area contributed by atoms with E-state index >= 15 is 0 Å². The molecule has 0 aliphatic heterocycles. The Morgan fingerprint density at radius 1 is 1.44 bits per heavy atom. The van der Waals surface area contributed by atoms with Crippen LogP contribution >= 0.6 is 0 Å². The second-order valence-electron chi connectivity index (χ2n) is 2.52. The molecule has 0 unspecified atom stereocenters. The molecule has 9 heavy (non-hydrogen) atoms. The number of fused-ring (bicyclic) bond motifs is 1. The lowest BCUT2D eigenvalue weighted by molar-refractivity contribution is 0.563. The van der Waals surface area contributed by atoms with Crippen molar-refractivity contribution in [2.75, 3.05) is 0 Å². The van der Waals surface area contributed by atoms with Gasteiger partial charge in [0, 0.05) is 11.1 Å². The zero-order valence-corrected chi connectivity index (χ0v) is 5.35. The minimum absolute atomic E-state index is 1.08. The second kappa shape index (κ2) is 1.50. The minimum Gasteiger partial charge on any atom is -0.472 e. The molecule has 0 N–H and O–H groups in total. The van der Waals surface area contributed by atoms with Crippen molar-refractivity contribution < 1.29 is 4.42 Å². The Morgan fingerprint density at radius 3 is 3.11 bits per heavy atom. The maximum atomic E-state index is 4.99. The summed E-state index contributed by atoms with van der Waals surface area (Å²) in [5.74, 6) is 0. The van der Waals surface area contributed by atoms with Crippen molar-refractivity contribution in [2.24, 2.45) is 0 Å². The van der Waals surface area contributed by atoms with Crippen LogP contribution in [0.1, 0.15) is 18.1 Å². The molecule has 0 aromatic carbocycles. The van der Waals surface area contributed by atoms with E-state index in [1.807, 2.05) is 6.26 Å². The summed E-state index contributed by atoms with van der Waals surface area (Å²) < 4.78 is 4.99. The van der Waals surface area contributed by atoms with E-state index in [9.17, 15) is 0 Å². The van der Waals surface area contributed by atoms with Crippen molar-refractivity contribution in [1.29, 1.82) is 0 Å². The van der Waals surface area contributed by atoms with Crippen molar-refractivity contribution >= 4 is 6.08 Å². The predicted molar refractivity (Wildman–Crippen MR) is 36.1 cm³/mol. The smallest absolute Gasteiger partial charge is 0.0977 e. The highest BCUT2D eigenvalue weighted by molar-refractivity contribution is 5.61. The molecule has 1 heteroatoms. The van der Waals surface area contributed by atoms with E-state index in [2.05, 4.69) is 13.0 Å². The predicted octanol–water partition coefficient (Wildman–Crippen LogP) is 2.24. The van der Waals surface area contributed by atoms with Crippen LogP contribution in [-0.4, -0.2) is 0 Å². The van der Waals surface area contributed by atoms with Crippen molar-refractivity contribution in [1.82, 2.24) is 0 Å². The normalized spacial score (nSPS) is 15.4. The third kappa shape index (κ3) is 0.611. The second-order valence-corrected chi connectivity index (χ2v) is 2.52. The lowest BCUT2D eigenvalue weighted by Gasteiger charge is -1.84. The third-order valence-electron chi connectivity index (χ3n) is 1.65. The van der Waals surface area contributed by atoms with Crippen molar-refractivity contribution in [2.45, 2.75) is 13.3 Å². The number of rotatable bonds is 0. The van der Waals surface area contributed by atoms with Gasteiger partial charge in [0.05, 0.1) is 12.5 Å². The van der Waals surface area contributed by atoms with Crippen LogP contribution in [0.4, 0.5) is 0 Å². The van der Waals surface area contributed by atoms with E-state index < -0.39 is 0 Å². The van der Waals surface area contributed by atoms with Crippen molar-refractivity contribution in [3.05, 3.63) is 29.2 Å². The minimum atomic E-state index is 1.08. The monoisotopic (exact) mass is 120 g/mol. The molecule has 1 heterocycles. The maximum absolute atomic E-state index is 4.99. The third-order valence-corrected chi connectivity index (χ3v) is 1.65. The highest BCUT2D eigenvalue weighted by atomic mass is 16.3. The zero-order chi connectivity index (χ0) is 6.27. The number of hydrogen-bond donors (Lipinski definition) is 0. The van der Waals surface area contributed by atoms with Crippen LogP contribution in [0.2, 0.25) is 0 Å². The van der Waals surface area contributed by atoms with Crippen LogP contribution in [-0.2, 0) is 6.42 Å². The molecule has 46 valence electrons. The molecular formula is C8H8O. The maximum Gasteiger partial charge on any atom is 0.0977 e. The molecular weight excluding hydrogens is 112 g/mol. The molecule has 1 aromatic rings. The summed E-state index contributed by atoms with van der Waals surface area (Å²) in [5.41, 5.74) is 4.01. The molecule has 0 bridgehead atoms. The molecule has 1 aliphatic rings. The quantitative estimate of drug-likeness (QED) is 0.511. The van der Waals surface area contributed by atoms with Gasteiger partial charge in [0.2, 0.25) is 0 Å². The summed E-state index contributed by atoms with van der Waals surface area (Å²) in [4.78, 5) is 0. The number of allylic oxidation sites excluding steroid dienone is 1. The summed E-state index contributed by atoms with van der Waals surface area (Å²) in [7, 11) is 0. The molecule has 1 aromatic heterocycles. The van der Waals surface area contributed by atoms with Crippen LogP contribution in [0, 0.1) is 0 Å². The van der Waals surface area contributed by atoms with Crippen LogP contribution in [0.15, 0.2) is 22.5 Å². The fourth-order valence-corrected chi connectivity index (χ4v) is 1.22. The molecule has 0 atom stereocenters. The van der Waals surface area contributed by atoms with Crippen molar-refractivity contribution in [3.63, 3.8) is 0 Å². The fourth-order valence-electron chi connectivity index (χ4n) is 1.22. The van der Waals surface area contributed by atoms with E-state index in [0.29, 0.717) is 0 Å². The van der Waals surface area contributed by atoms with Crippen LogP contribution in [0.5, 0.6) is 0 Å². The van der Waals surface area contributed by atoms with E-state index in [4.69, 9.17) is 4.42 Å². The topological polar surface area (TPSA) is 13.1 Å². The first-order valence-corrected chi connectivity index (χ1v) is 3.08. The van der Waals surface area contributed by atoms with Gasteiger partial charge in [-0.05, 0) is 13.3 Å². The van der Waals surface area contributed by atoms with Gasteiger partial charge in [0.1, 0.15) is 0 Å². The zero-order valence-electron chi connectivity index (χ0n) is 5.35. The molecule has 1 nitrogen and oxygen atoms in total. The first-order chi connectivity index (χ1) is 4.36. The Labute approximate surface area is 54.0 Å². The Hall–Kier alpha value is -0.980. The number of hydrogen-bond acceptors (Lipinski definition) is 1. The molecule has 0 saturated heterocycles. The van der Waals surface area contributed by atoms with Gasteiger partial charge in [-0.15, -0.1) is 0 Å². The van der Waals surface area contributed by atoms with Gasteiger partial charge in [-0.2, -0.15) is 0 Å². The molecule has 0 fully saturated rings. The molecule has 0 saturated carbocycles. The summed E-state index contributed by atoms with van der Waals surface area (Å²) in [6, 6.07) is 0. The van der Waals surface area contributed by atoms with Crippen molar-refractivity contribution in [3.8, 4) is 0 Å². The average molecular weight is 120 g/mol. The van der Waals surface area contributed by atoms with Gasteiger partial charge in [-0.1, -0.05) is 11.6 Å². The molecule has 2 rings (SSSR count). The fraction of sp³-hybridized carbons (Fsp3) is 0.250. The van der Waals surface area contributed by atoms with Crippen LogP contribution in [0.25, 0.3) is 6.08 Å². The largest absolute Gasteiger partial charge is 0.472 e. The highest BCUT2D eigenvalue weighted by Crippen LogP contribution is 2.24. The Bertz CT molecular complexity index is 255. The SMILES string of the molecule is CC1=Cc2cocc2C1. The van der Waals surface area contributed by atoms with Gasteiger partial charge in [-0.3, -0.25) is 0 Å². The summed E-state index contributed by atoms with van der Waals surface area (Å²) in [6.45, 7) is 2.14. The standard InChI is InChI=1S/C8H8O/c1-6-2-7-4-9-5-8(7)3-6/h2,4-5H,3H2,1H3. The Morgan fingerprint density at radius 2 is 2.33 bits per heavy atom. The first kappa shape index (κ1) is 4.86. The number of furan rings is 1. The highest BCUT2D eigenvalue weighted by Gasteiger charge is 2.09. The van der Waals surface area contributed by atoms with Crippen LogP contribution < -0.4 is 0 Å². The Kier molecular flexibility index (Phi) is 0.810. The first-order valence-electron chi connectivity index (χ1n) is 3.08. The Balaban J connectivity index is 2.55. The lowest BCUT2D eigenvalue weighted by atomic mass is 10.2. The van der Waals surface area contributed by atoms with Crippen LogP contribution in [0.3, 0.4) is 0 Å². The van der Waals surface area contributed by atoms with Gasteiger partial charge >= 0.3 is 0 Å². The molecule has 1 aliphatic carbocycles. The summed E-state index contributed by atoms with van der Waals surface area (Å²) >= 11 is 0. The average Bonchev–Trinajstić information content (AvgIpc) is 2.22. The van der Waals surface area contributed by atoms with Gasteiger partial charge in [-0.25, -0.2) is 0 Å². The molecule has 0 radical (unpaired) electrons. The summed E-state index contributed by atoms with van der Waals surface area (Å²) in [6.07, 6.45) is 6.86. The van der Waals surface area contributed by atoms with E-state index in [0.717, 1.165) is 6.42 Å².